The highest BCUT2D eigenvalue weighted by atomic mass is 28.4. The van der Waals surface area contributed by atoms with Gasteiger partial charge in [0.05, 0.1) is 12.1 Å². The number of rotatable bonds is 16. The van der Waals surface area contributed by atoms with Crippen LogP contribution < -0.4 is 15.4 Å². The molecule has 3 aromatic carbocycles. The number of ketones is 1. The minimum atomic E-state index is -1.89. The first-order valence-corrected chi connectivity index (χ1v) is 21.8. The number of benzene rings is 3. The van der Waals surface area contributed by atoms with Gasteiger partial charge in [0.2, 0.25) is 0 Å². The Morgan fingerprint density at radius 3 is 2.02 bits per heavy atom. The van der Waals surface area contributed by atoms with Gasteiger partial charge in [-0.2, -0.15) is 0 Å². The molecule has 0 saturated heterocycles. The Hall–Kier alpha value is -3.47. The molecule has 236 valence electrons. The van der Waals surface area contributed by atoms with E-state index >= 15 is 0 Å². The van der Waals surface area contributed by atoms with E-state index < -0.39 is 22.2 Å². The fourth-order valence-corrected chi connectivity index (χ4v) is 14.1. The zero-order chi connectivity index (χ0) is 32.4. The van der Waals surface area contributed by atoms with Gasteiger partial charge < -0.3 is 19.5 Å². The lowest BCUT2D eigenvalue weighted by molar-refractivity contribution is 0.103. The van der Waals surface area contributed by atoms with E-state index in [1.54, 1.807) is 0 Å². The fraction of sp³-hybridized carbons (Fsp3) is 0.389. The van der Waals surface area contributed by atoms with Gasteiger partial charge in [0.1, 0.15) is 5.75 Å². The van der Waals surface area contributed by atoms with Gasteiger partial charge in [0.25, 0.3) is 0 Å². The molecule has 0 unspecified atom stereocenters. The van der Waals surface area contributed by atoms with Gasteiger partial charge in [0.15, 0.2) is 22.4 Å². The number of allylic oxidation sites excluding steroid dienone is 1. The van der Waals surface area contributed by atoms with Crippen molar-refractivity contribution in [3.05, 3.63) is 108 Å². The van der Waals surface area contributed by atoms with Crippen molar-refractivity contribution in [3.63, 3.8) is 0 Å². The molecule has 0 bridgehead atoms. The Bertz CT molecular complexity index is 1400. The Balaban J connectivity index is 1.35. The van der Waals surface area contributed by atoms with Gasteiger partial charge in [-0.1, -0.05) is 60.7 Å². The summed E-state index contributed by atoms with van der Waals surface area (Å²) in [7, 11) is -3.76. The molecule has 0 fully saturated rings. The lowest BCUT2D eigenvalue weighted by Crippen LogP contribution is -2.47. The molecule has 0 radical (unpaired) electrons. The predicted octanol–water partition coefficient (Wildman–Crippen LogP) is 8.77. The van der Waals surface area contributed by atoms with E-state index in [4.69, 9.17) is 8.85 Å². The molecule has 0 aliphatic rings. The Labute approximate surface area is 266 Å². The van der Waals surface area contributed by atoms with Gasteiger partial charge >= 0.3 is 6.03 Å². The number of carbonyl (C=O) groups excluding carboxylic acids is 2. The summed E-state index contributed by atoms with van der Waals surface area (Å²) in [5.41, 5.74) is 3.95. The minimum Gasteiger partial charge on any atom is -0.494 e. The summed E-state index contributed by atoms with van der Waals surface area (Å²) < 4.78 is 12.8. The Morgan fingerprint density at radius 1 is 0.795 bits per heavy atom. The van der Waals surface area contributed by atoms with E-state index in [0.717, 1.165) is 47.4 Å². The molecule has 0 atom stereocenters. The van der Waals surface area contributed by atoms with Crippen LogP contribution in [-0.4, -0.2) is 41.6 Å². The third kappa shape index (κ3) is 11.2. The number of hydrogen-bond acceptors (Lipinski definition) is 4. The van der Waals surface area contributed by atoms with Crippen molar-refractivity contribution in [2.24, 2.45) is 0 Å². The average molecular weight is 631 g/mol. The number of carbonyl (C=O) groups is 2. The number of nitrogens with one attached hydrogen (secondary N) is 2. The topological polar surface area (TPSA) is 76.7 Å². The Kier molecular flexibility index (Phi) is 12.3. The third-order valence-corrected chi connectivity index (χ3v) is 15.2. The number of ether oxygens (including phenoxy) is 1. The van der Waals surface area contributed by atoms with E-state index in [1.807, 2.05) is 93.6 Å². The van der Waals surface area contributed by atoms with Crippen LogP contribution in [0.3, 0.4) is 0 Å². The predicted molar refractivity (Wildman–Crippen MR) is 187 cm³/mol. The highest BCUT2D eigenvalue weighted by molar-refractivity contribution is 6.84. The summed E-state index contributed by atoms with van der Waals surface area (Å²) >= 11 is 0. The zero-order valence-corrected chi connectivity index (χ0v) is 29.6. The molecule has 8 heteroatoms. The van der Waals surface area contributed by atoms with E-state index in [-0.39, 0.29) is 11.8 Å². The smallest absolute Gasteiger partial charge is 0.315 e. The van der Waals surface area contributed by atoms with Crippen LogP contribution in [0.5, 0.6) is 5.75 Å². The molecule has 0 aliphatic carbocycles. The van der Waals surface area contributed by atoms with E-state index in [9.17, 15) is 9.59 Å². The van der Waals surface area contributed by atoms with Crippen LogP contribution in [0.2, 0.25) is 38.3 Å². The van der Waals surface area contributed by atoms with Crippen molar-refractivity contribution in [1.82, 2.24) is 10.6 Å². The lowest BCUT2D eigenvalue weighted by Gasteiger charge is -2.34. The van der Waals surface area contributed by atoms with Gasteiger partial charge in [-0.25, -0.2) is 4.79 Å². The maximum atomic E-state index is 12.7. The quantitative estimate of drug-likeness (QED) is 0.0942. The van der Waals surface area contributed by atoms with Gasteiger partial charge in [-0.05, 0) is 113 Å². The van der Waals surface area contributed by atoms with E-state index in [0.29, 0.717) is 24.3 Å². The van der Waals surface area contributed by atoms with E-state index in [1.165, 1.54) is 0 Å². The van der Waals surface area contributed by atoms with Gasteiger partial charge in [0, 0.05) is 17.7 Å². The summed E-state index contributed by atoms with van der Waals surface area (Å²) in [4.78, 5) is 25.3. The van der Waals surface area contributed by atoms with Crippen molar-refractivity contribution in [2.45, 2.75) is 77.4 Å². The van der Waals surface area contributed by atoms with Crippen LogP contribution in [0.15, 0.2) is 85.4 Å². The molecule has 0 spiro atoms. The zero-order valence-electron chi connectivity index (χ0n) is 27.6. The summed E-state index contributed by atoms with van der Waals surface area (Å²) in [6.45, 7) is 20.4. The maximum absolute atomic E-state index is 12.7. The summed E-state index contributed by atoms with van der Waals surface area (Å²) in [6.07, 6.45) is 1.80. The van der Waals surface area contributed by atoms with E-state index in [2.05, 4.69) is 49.5 Å². The molecular weight excluding hydrogens is 581 g/mol. The fourth-order valence-electron chi connectivity index (χ4n) is 5.29. The largest absolute Gasteiger partial charge is 0.494 e. The maximum Gasteiger partial charge on any atom is 0.315 e. The highest BCUT2D eigenvalue weighted by Crippen LogP contribution is 2.25. The standard InChI is InChI=1S/C36H50N2O4Si2/c1-28(2)31-17-12-18-32(27-31)36(3,4)38-35(40)37-23-13-25-43(5,6)42-44(7,8)26-14-24-41-33-21-19-30(20-22-33)34(39)29-15-10-9-11-16-29/h9-12,15-22,27H,1,13-14,23-26H2,2-8H3,(H2,37,38,40). The number of urea groups is 1. The molecule has 44 heavy (non-hydrogen) atoms. The first-order chi connectivity index (χ1) is 20.7. The first kappa shape index (κ1) is 35.0. The first-order valence-electron chi connectivity index (χ1n) is 15.5. The van der Waals surface area contributed by atoms with Crippen molar-refractivity contribution in [2.75, 3.05) is 13.2 Å². The molecule has 3 aromatic rings. The molecule has 0 saturated carbocycles. The van der Waals surface area contributed by atoms with Crippen molar-refractivity contribution < 1.29 is 18.4 Å². The monoisotopic (exact) mass is 630 g/mol. The second-order valence-electron chi connectivity index (χ2n) is 13.3. The molecule has 2 amide bonds. The molecular formula is C36H50N2O4Si2. The minimum absolute atomic E-state index is 0.0116. The molecule has 2 N–H and O–H groups in total. The molecule has 0 heterocycles. The SMILES string of the molecule is C=C(C)c1cccc(C(C)(C)NC(=O)NCCC[Si](C)(C)O[Si](C)(C)CCCOc2ccc(C(=O)c3ccccc3)cc2)c1. The second kappa shape index (κ2) is 15.5. The van der Waals surface area contributed by atoms with Crippen LogP contribution >= 0.6 is 0 Å². The van der Waals surface area contributed by atoms with Gasteiger partial charge in [-0.15, -0.1) is 0 Å². The summed E-state index contributed by atoms with van der Waals surface area (Å²) in [6, 6.07) is 26.6. The van der Waals surface area contributed by atoms with Crippen LogP contribution in [0.4, 0.5) is 4.79 Å². The van der Waals surface area contributed by atoms with Crippen LogP contribution in [-0.2, 0) is 9.65 Å². The van der Waals surface area contributed by atoms with Crippen LogP contribution in [0.1, 0.15) is 60.7 Å². The summed E-state index contributed by atoms with van der Waals surface area (Å²) in [5.74, 6) is 0.780. The molecule has 6 nitrogen and oxygen atoms in total. The van der Waals surface area contributed by atoms with Gasteiger partial charge in [-0.3, -0.25) is 4.79 Å². The van der Waals surface area contributed by atoms with Crippen LogP contribution in [0, 0.1) is 0 Å². The molecule has 0 aliphatic heterocycles. The number of hydrogen-bond donors (Lipinski definition) is 2. The molecule has 3 rings (SSSR count). The van der Waals surface area contributed by atoms with Crippen molar-refractivity contribution in [3.8, 4) is 5.75 Å². The second-order valence-corrected chi connectivity index (χ2v) is 22.1. The molecule has 0 aromatic heterocycles. The normalized spacial score (nSPS) is 12.0. The third-order valence-electron chi connectivity index (χ3n) is 7.64. The summed E-state index contributed by atoms with van der Waals surface area (Å²) in [5, 5.41) is 6.14. The lowest BCUT2D eigenvalue weighted by atomic mass is 9.92. The Morgan fingerprint density at radius 2 is 1.39 bits per heavy atom. The van der Waals surface area contributed by atoms with Crippen molar-refractivity contribution >= 4 is 34.0 Å². The van der Waals surface area contributed by atoms with Crippen LogP contribution in [0.25, 0.3) is 5.57 Å². The average Bonchev–Trinajstić information content (AvgIpc) is 2.97. The highest BCUT2D eigenvalue weighted by Gasteiger charge is 2.32. The van der Waals surface area contributed by atoms with Crippen molar-refractivity contribution in [1.29, 1.82) is 0 Å². The number of amides is 2.